The molecule has 0 N–H and O–H groups in total. The lowest BCUT2D eigenvalue weighted by Crippen LogP contribution is -2.37. The molecular weight excluding hydrogens is 368 g/mol. The first kappa shape index (κ1) is 19.1. The van der Waals surface area contributed by atoms with E-state index in [1.54, 1.807) is 24.1 Å². The minimum absolute atomic E-state index is 0.0450. The van der Waals surface area contributed by atoms with Gasteiger partial charge in [0.15, 0.2) is 0 Å². The molecule has 0 aliphatic carbocycles. The van der Waals surface area contributed by atoms with E-state index >= 15 is 0 Å². The van der Waals surface area contributed by atoms with Gasteiger partial charge in [-0.3, -0.25) is 18.7 Å². The highest BCUT2D eigenvalue weighted by molar-refractivity contribution is 6.06. The van der Waals surface area contributed by atoms with Crippen molar-refractivity contribution in [1.82, 2.24) is 14.1 Å². The number of aromatic nitrogens is 3. The third kappa shape index (κ3) is 2.97. The van der Waals surface area contributed by atoms with Gasteiger partial charge in [-0.05, 0) is 41.2 Å². The smallest absolute Gasteiger partial charge is 0.306 e. The lowest BCUT2D eigenvalue weighted by atomic mass is 9.86. The predicted octanol–water partition coefficient (Wildman–Crippen LogP) is 2.13. The number of rotatable bonds is 1. The second-order valence-corrected chi connectivity index (χ2v) is 8.57. The third-order valence-corrected chi connectivity index (χ3v) is 5.61. The highest BCUT2D eigenvalue weighted by atomic mass is 16.2. The summed E-state index contributed by atoms with van der Waals surface area (Å²) in [7, 11) is 2.97. The van der Waals surface area contributed by atoms with Crippen LogP contribution in [0.3, 0.4) is 0 Å². The molecule has 1 aliphatic heterocycles. The first-order valence-electron chi connectivity index (χ1n) is 9.61. The summed E-state index contributed by atoms with van der Waals surface area (Å²) in [6.45, 7) is 7.08. The second kappa shape index (κ2) is 6.40. The van der Waals surface area contributed by atoms with Crippen LogP contribution in [0.1, 0.15) is 42.4 Å². The van der Waals surface area contributed by atoms with Crippen LogP contribution in [0.15, 0.2) is 39.9 Å². The number of pyridine rings is 1. The molecule has 1 aliphatic rings. The number of benzene rings is 1. The molecule has 0 fully saturated rings. The van der Waals surface area contributed by atoms with E-state index in [9.17, 15) is 14.4 Å². The maximum atomic E-state index is 13.2. The van der Waals surface area contributed by atoms with E-state index in [2.05, 4.69) is 37.9 Å². The molecule has 0 bridgehead atoms. The molecule has 0 saturated heterocycles. The number of amides is 1. The van der Waals surface area contributed by atoms with Crippen molar-refractivity contribution >= 4 is 22.6 Å². The first-order valence-corrected chi connectivity index (χ1v) is 9.61. The highest BCUT2D eigenvalue weighted by Crippen LogP contribution is 2.33. The fourth-order valence-electron chi connectivity index (χ4n) is 3.79. The maximum absolute atomic E-state index is 13.2. The number of anilines is 1. The summed E-state index contributed by atoms with van der Waals surface area (Å²) in [5.41, 5.74) is 2.86. The summed E-state index contributed by atoms with van der Waals surface area (Å²) in [5, 5.41) is 0.308. The van der Waals surface area contributed by atoms with Crippen LogP contribution in [0, 0.1) is 0 Å². The van der Waals surface area contributed by atoms with Gasteiger partial charge in [-0.1, -0.05) is 32.9 Å². The van der Waals surface area contributed by atoms with E-state index in [4.69, 9.17) is 0 Å². The van der Waals surface area contributed by atoms with Crippen molar-refractivity contribution in [1.29, 1.82) is 0 Å². The Bertz CT molecular complexity index is 1280. The summed E-state index contributed by atoms with van der Waals surface area (Å²) in [6.07, 6.45) is 0.789. The van der Waals surface area contributed by atoms with Crippen LogP contribution in [0.25, 0.3) is 11.0 Å². The zero-order chi connectivity index (χ0) is 21.1. The van der Waals surface area contributed by atoms with E-state index < -0.39 is 11.2 Å². The second-order valence-electron chi connectivity index (χ2n) is 8.57. The van der Waals surface area contributed by atoms with Crippen LogP contribution in [-0.2, 0) is 25.9 Å². The molecule has 3 heterocycles. The zero-order valence-corrected chi connectivity index (χ0v) is 17.3. The molecule has 1 aromatic carbocycles. The minimum Gasteiger partial charge on any atom is -0.306 e. The van der Waals surface area contributed by atoms with E-state index in [1.165, 1.54) is 17.2 Å². The Morgan fingerprint density at radius 2 is 1.76 bits per heavy atom. The van der Waals surface area contributed by atoms with Gasteiger partial charge in [0.1, 0.15) is 11.3 Å². The Labute approximate surface area is 168 Å². The van der Waals surface area contributed by atoms with E-state index in [-0.39, 0.29) is 22.7 Å². The minimum atomic E-state index is -0.471. The van der Waals surface area contributed by atoms with Gasteiger partial charge in [0, 0.05) is 26.3 Å². The molecule has 150 valence electrons. The van der Waals surface area contributed by atoms with E-state index in [0.717, 1.165) is 22.2 Å². The molecule has 0 saturated carbocycles. The molecule has 3 aromatic rings. The van der Waals surface area contributed by atoms with Crippen molar-refractivity contribution < 1.29 is 4.79 Å². The van der Waals surface area contributed by atoms with Gasteiger partial charge in [0.2, 0.25) is 0 Å². The highest BCUT2D eigenvalue weighted by Gasteiger charge is 2.28. The molecular formula is C22H24N4O3. The van der Waals surface area contributed by atoms with Gasteiger partial charge in [-0.15, -0.1) is 0 Å². The predicted molar refractivity (Wildman–Crippen MR) is 113 cm³/mol. The standard InChI is InChI=1S/C22H24N4O3/c1-22(2,3)14-6-9-17-13(12-14)10-11-26(17)20(28)16-8-7-15-18(23-16)24(4)21(29)25(5)19(15)27/h6-9,12H,10-11H2,1-5H3. The van der Waals surface area contributed by atoms with Gasteiger partial charge in [-0.25, -0.2) is 9.78 Å². The van der Waals surface area contributed by atoms with E-state index in [0.29, 0.717) is 11.9 Å². The SMILES string of the molecule is Cn1c(=O)c2ccc(C(=O)N3CCc4cc(C(C)(C)C)ccc43)nc2n(C)c1=O. The molecule has 1 amide bonds. The average Bonchev–Trinajstić information content (AvgIpc) is 3.12. The lowest BCUT2D eigenvalue weighted by molar-refractivity contribution is 0.0985. The first-order chi connectivity index (χ1) is 13.6. The van der Waals surface area contributed by atoms with Crippen LogP contribution in [-0.4, -0.2) is 26.6 Å². The van der Waals surface area contributed by atoms with Crippen molar-refractivity contribution in [2.45, 2.75) is 32.6 Å². The number of carbonyl (C=O) groups is 1. The van der Waals surface area contributed by atoms with Gasteiger partial charge < -0.3 is 4.90 Å². The Kier molecular flexibility index (Phi) is 4.22. The fourth-order valence-corrected chi connectivity index (χ4v) is 3.79. The number of hydrogen-bond acceptors (Lipinski definition) is 4. The number of carbonyl (C=O) groups excluding carboxylic acids is 1. The Hall–Kier alpha value is -3.22. The third-order valence-electron chi connectivity index (χ3n) is 5.61. The molecule has 0 unspecified atom stereocenters. The van der Waals surface area contributed by atoms with Crippen LogP contribution in [0.5, 0.6) is 0 Å². The van der Waals surface area contributed by atoms with Crippen LogP contribution in [0.2, 0.25) is 0 Å². The maximum Gasteiger partial charge on any atom is 0.332 e. The van der Waals surface area contributed by atoms with Crippen molar-refractivity contribution in [3.05, 3.63) is 68.0 Å². The summed E-state index contributed by atoms with van der Waals surface area (Å²) in [6, 6.07) is 9.35. The Morgan fingerprint density at radius 1 is 1.03 bits per heavy atom. The normalized spacial score (nSPS) is 13.8. The average molecular weight is 392 g/mol. The number of hydrogen-bond donors (Lipinski definition) is 0. The van der Waals surface area contributed by atoms with Crippen molar-refractivity contribution in [2.75, 3.05) is 11.4 Å². The molecule has 7 heteroatoms. The van der Waals surface area contributed by atoms with Gasteiger partial charge in [-0.2, -0.15) is 0 Å². The zero-order valence-electron chi connectivity index (χ0n) is 17.3. The summed E-state index contributed by atoms with van der Waals surface area (Å²) in [4.78, 5) is 43.8. The summed E-state index contributed by atoms with van der Waals surface area (Å²) < 4.78 is 2.33. The number of fused-ring (bicyclic) bond motifs is 2. The molecule has 0 atom stereocenters. The lowest BCUT2D eigenvalue weighted by Gasteiger charge is -2.21. The summed E-state index contributed by atoms with van der Waals surface area (Å²) >= 11 is 0. The summed E-state index contributed by atoms with van der Waals surface area (Å²) in [5.74, 6) is -0.234. The molecule has 7 nitrogen and oxygen atoms in total. The largest absolute Gasteiger partial charge is 0.332 e. The van der Waals surface area contributed by atoms with Crippen molar-refractivity contribution in [3.63, 3.8) is 0 Å². The molecule has 2 aromatic heterocycles. The topological polar surface area (TPSA) is 77.2 Å². The monoisotopic (exact) mass is 392 g/mol. The molecule has 29 heavy (non-hydrogen) atoms. The van der Waals surface area contributed by atoms with Crippen LogP contribution in [0.4, 0.5) is 5.69 Å². The van der Waals surface area contributed by atoms with Gasteiger partial charge in [0.05, 0.1) is 5.39 Å². The van der Waals surface area contributed by atoms with Crippen molar-refractivity contribution in [2.24, 2.45) is 14.1 Å². The quantitative estimate of drug-likeness (QED) is 0.636. The Balaban J connectivity index is 1.77. The van der Waals surface area contributed by atoms with Gasteiger partial charge >= 0.3 is 5.69 Å². The van der Waals surface area contributed by atoms with Gasteiger partial charge in [0.25, 0.3) is 11.5 Å². The fraction of sp³-hybridized carbons (Fsp3) is 0.364. The number of nitrogens with zero attached hydrogens (tertiary/aromatic N) is 4. The van der Waals surface area contributed by atoms with Crippen molar-refractivity contribution in [3.8, 4) is 0 Å². The molecule has 0 spiro atoms. The molecule has 0 radical (unpaired) electrons. The molecule has 4 rings (SSSR count). The van der Waals surface area contributed by atoms with Crippen LogP contribution < -0.4 is 16.1 Å². The van der Waals surface area contributed by atoms with Crippen LogP contribution >= 0.6 is 0 Å². The Morgan fingerprint density at radius 3 is 2.45 bits per heavy atom. The van der Waals surface area contributed by atoms with E-state index in [1.807, 2.05) is 6.07 Å². The number of aryl methyl sites for hydroxylation is 1.